The molecule has 0 aromatic heterocycles. The summed E-state index contributed by atoms with van der Waals surface area (Å²) in [5.74, 6) is 0. The Morgan fingerprint density at radius 1 is 1.15 bits per heavy atom. The van der Waals surface area contributed by atoms with E-state index in [1.807, 2.05) is 33.8 Å². The Bertz CT molecular complexity index is 510. The minimum atomic E-state index is -3.43. The van der Waals surface area contributed by atoms with Gasteiger partial charge in [0, 0.05) is 12.1 Å². The highest BCUT2D eigenvalue weighted by Gasteiger charge is 2.18. The minimum absolute atomic E-state index is 0.00477. The van der Waals surface area contributed by atoms with Crippen LogP contribution in [0.15, 0.2) is 29.2 Å². The lowest BCUT2D eigenvalue weighted by Gasteiger charge is -2.17. The Labute approximate surface area is 123 Å². The molecule has 0 aliphatic rings. The van der Waals surface area contributed by atoms with Crippen LogP contribution in [0.25, 0.3) is 0 Å². The van der Waals surface area contributed by atoms with Gasteiger partial charge in [0.15, 0.2) is 0 Å². The van der Waals surface area contributed by atoms with Gasteiger partial charge in [0.05, 0.1) is 4.90 Å². The average molecular weight is 298 g/mol. The molecule has 0 saturated carbocycles. The van der Waals surface area contributed by atoms with Crippen LogP contribution in [0.1, 0.15) is 52.1 Å². The highest BCUT2D eigenvalue weighted by atomic mass is 32.2. The van der Waals surface area contributed by atoms with Crippen LogP contribution in [-0.4, -0.2) is 21.0 Å². The first kappa shape index (κ1) is 17.1. The van der Waals surface area contributed by atoms with Crippen molar-refractivity contribution in [2.75, 3.05) is 6.54 Å². The van der Waals surface area contributed by atoms with Crippen LogP contribution in [0.3, 0.4) is 0 Å². The van der Waals surface area contributed by atoms with Crippen molar-refractivity contribution in [1.29, 1.82) is 0 Å². The Kier molecular flexibility index (Phi) is 6.65. The van der Waals surface area contributed by atoms with E-state index in [2.05, 4.69) is 10.0 Å². The van der Waals surface area contributed by atoms with Crippen molar-refractivity contribution in [3.8, 4) is 0 Å². The van der Waals surface area contributed by atoms with Crippen LogP contribution in [0.4, 0.5) is 0 Å². The van der Waals surface area contributed by atoms with Crippen molar-refractivity contribution in [3.63, 3.8) is 0 Å². The third-order valence-electron chi connectivity index (χ3n) is 3.49. The van der Waals surface area contributed by atoms with Gasteiger partial charge in [0.25, 0.3) is 0 Å². The van der Waals surface area contributed by atoms with E-state index in [0.717, 1.165) is 24.9 Å². The quantitative estimate of drug-likeness (QED) is 0.776. The molecule has 2 N–H and O–H groups in total. The molecule has 114 valence electrons. The molecule has 0 saturated heterocycles. The van der Waals surface area contributed by atoms with E-state index in [1.165, 1.54) is 0 Å². The monoisotopic (exact) mass is 298 g/mol. The maximum Gasteiger partial charge on any atom is 0.240 e. The first-order valence-electron chi connectivity index (χ1n) is 7.30. The zero-order valence-corrected chi connectivity index (χ0v) is 13.6. The molecule has 1 unspecified atom stereocenters. The fourth-order valence-corrected chi connectivity index (χ4v) is 3.58. The maximum absolute atomic E-state index is 12.4. The van der Waals surface area contributed by atoms with Gasteiger partial charge in [-0.15, -0.1) is 0 Å². The van der Waals surface area contributed by atoms with Gasteiger partial charge in [0.1, 0.15) is 0 Å². The molecule has 0 heterocycles. The van der Waals surface area contributed by atoms with Crippen molar-refractivity contribution in [1.82, 2.24) is 10.0 Å². The summed E-state index contributed by atoms with van der Waals surface area (Å²) in [6.07, 6.45) is 1.59. The number of rotatable bonds is 8. The first-order valence-corrected chi connectivity index (χ1v) is 8.78. The molecular formula is C15H26N2O2S. The van der Waals surface area contributed by atoms with Gasteiger partial charge in [-0.2, -0.15) is 0 Å². The van der Waals surface area contributed by atoms with E-state index in [4.69, 9.17) is 0 Å². The summed E-state index contributed by atoms with van der Waals surface area (Å²) >= 11 is 0. The first-order chi connectivity index (χ1) is 9.44. The normalized spacial score (nSPS) is 13.7. The lowest BCUT2D eigenvalue weighted by molar-refractivity contribution is 0.530. The lowest BCUT2D eigenvalue weighted by Crippen LogP contribution is -2.34. The predicted molar refractivity (Wildman–Crippen MR) is 83.2 cm³/mol. The molecule has 4 nitrogen and oxygen atoms in total. The molecule has 5 heteroatoms. The van der Waals surface area contributed by atoms with E-state index in [0.29, 0.717) is 4.90 Å². The highest BCUT2D eigenvalue weighted by molar-refractivity contribution is 7.89. The van der Waals surface area contributed by atoms with Crippen LogP contribution in [0, 0.1) is 0 Å². The van der Waals surface area contributed by atoms with E-state index >= 15 is 0 Å². The van der Waals surface area contributed by atoms with Gasteiger partial charge in [0.2, 0.25) is 10.0 Å². The average Bonchev–Trinajstić information content (AvgIpc) is 2.45. The van der Waals surface area contributed by atoms with E-state index in [1.54, 1.807) is 18.2 Å². The Balaban J connectivity index is 2.98. The molecule has 0 fully saturated rings. The second-order valence-electron chi connectivity index (χ2n) is 4.99. The Morgan fingerprint density at radius 3 is 2.35 bits per heavy atom. The molecular weight excluding hydrogens is 272 g/mol. The van der Waals surface area contributed by atoms with Gasteiger partial charge < -0.3 is 5.32 Å². The Hall–Kier alpha value is -0.910. The molecule has 20 heavy (non-hydrogen) atoms. The summed E-state index contributed by atoms with van der Waals surface area (Å²) in [6.45, 7) is 8.89. The smallest absolute Gasteiger partial charge is 0.240 e. The summed E-state index contributed by atoms with van der Waals surface area (Å²) in [7, 11) is -3.43. The van der Waals surface area contributed by atoms with E-state index in [-0.39, 0.29) is 12.1 Å². The number of hydrogen-bond acceptors (Lipinski definition) is 3. The van der Waals surface area contributed by atoms with E-state index in [9.17, 15) is 8.42 Å². The van der Waals surface area contributed by atoms with Gasteiger partial charge in [-0.3, -0.25) is 0 Å². The second-order valence-corrected chi connectivity index (χ2v) is 6.70. The van der Waals surface area contributed by atoms with Crippen molar-refractivity contribution < 1.29 is 8.42 Å². The van der Waals surface area contributed by atoms with Crippen LogP contribution >= 0.6 is 0 Å². The fourth-order valence-electron chi connectivity index (χ4n) is 2.12. The van der Waals surface area contributed by atoms with Crippen LogP contribution in [-0.2, 0) is 10.0 Å². The van der Waals surface area contributed by atoms with Crippen LogP contribution < -0.4 is 10.0 Å². The number of benzene rings is 1. The molecule has 1 aromatic rings. The van der Waals surface area contributed by atoms with Crippen molar-refractivity contribution >= 4 is 10.0 Å². The highest BCUT2D eigenvalue weighted by Crippen LogP contribution is 2.18. The minimum Gasteiger partial charge on any atom is -0.310 e. The largest absolute Gasteiger partial charge is 0.310 e. The van der Waals surface area contributed by atoms with Crippen LogP contribution in [0.5, 0.6) is 0 Å². The molecule has 0 bridgehead atoms. The molecule has 1 aromatic carbocycles. The molecule has 1 rings (SSSR count). The number of nitrogens with one attached hydrogen (secondary N) is 2. The predicted octanol–water partition coefficient (Wildman–Crippen LogP) is 2.82. The third kappa shape index (κ3) is 4.58. The summed E-state index contributed by atoms with van der Waals surface area (Å²) in [6, 6.07) is 7.28. The summed E-state index contributed by atoms with van der Waals surface area (Å²) in [5, 5.41) is 3.29. The topological polar surface area (TPSA) is 58.2 Å². The van der Waals surface area contributed by atoms with E-state index < -0.39 is 10.0 Å². The molecule has 1 atom stereocenters. The van der Waals surface area contributed by atoms with Gasteiger partial charge >= 0.3 is 0 Å². The third-order valence-corrected chi connectivity index (χ3v) is 5.00. The van der Waals surface area contributed by atoms with Crippen molar-refractivity contribution in [3.05, 3.63) is 29.8 Å². The summed E-state index contributed by atoms with van der Waals surface area (Å²) in [4.78, 5) is 0.339. The van der Waals surface area contributed by atoms with Crippen molar-refractivity contribution in [2.24, 2.45) is 0 Å². The fraction of sp³-hybridized carbons (Fsp3) is 0.600. The molecule has 0 aliphatic carbocycles. The standard InChI is InChI=1S/C15H26N2O2S/c1-5-14(6-2)17-20(18,19)15-10-8-9-13(11-15)12(4)16-7-3/h8-12,14,16-17H,5-7H2,1-4H3. The maximum atomic E-state index is 12.4. The Morgan fingerprint density at radius 2 is 1.80 bits per heavy atom. The SMILES string of the molecule is CCNC(C)c1cccc(S(=O)(=O)NC(CC)CC)c1. The van der Waals surface area contributed by atoms with Crippen molar-refractivity contribution in [2.45, 2.75) is 57.5 Å². The lowest BCUT2D eigenvalue weighted by atomic mass is 10.1. The molecule has 0 amide bonds. The molecule has 0 spiro atoms. The molecule has 0 aliphatic heterocycles. The van der Waals surface area contributed by atoms with Gasteiger partial charge in [-0.05, 0) is 44.0 Å². The van der Waals surface area contributed by atoms with Crippen LogP contribution in [0.2, 0.25) is 0 Å². The number of hydrogen-bond donors (Lipinski definition) is 2. The number of sulfonamides is 1. The summed E-state index contributed by atoms with van der Waals surface area (Å²) in [5.41, 5.74) is 0.985. The molecule has 0 radical (unpaired) electrons. The second kappa shape index (κ2) is 7.76. The zero-order valence-electron chi connectivity index (χ0n) is 12.8. The van der Waals surface area contributed by atoms with Gasteiger partial charge in [-0.1, -0.05) is 32.9 Å². The summed E-state index contributed by atoms with van der Waals surface area (Å²) < 4.78 is 27.5. The van der Waals surface area contributed by atoms with Gasteiger partial charge in [-0.25, -0.2) is 13.1 Å². The zero-order chi connectivity index (χ0) is 15.2.